The number of hydrazine groups is 1. The van der Waals surface area contributed by atoms with E-state index in [-0.39, 0.29) is 0 Å². The number of aryl methyl sites for hydroxylation is 3. The number of hydrogen-bond acceptors (Lipinski definition) is 5. The second-order valence-electron chi connectivity index (χ2n) is 4.64. The number of nitrogens with one attached hydrogen (secondary N) is 1. The lowest BCUT2D eigenvalue weighted by atomic mass is 10.1. The lowest BCUT2D eigenvalue weighted by Crippen LogP contribution is -2.11. The summed E-state index contributed by atoms with van der Waals surface area (Å²) in [4.78, 5) is 13.4. The fourth-order valence-electron chi connectivity index (χ4n) is 2.01. The summed E-state index contributed by atoms with van der Waals surface area (Å²) in [6.07, 6.45) is 3.75. The summed E-state index contributed by atoms with van der Waals surface area (Å²) in [6, 6.07) is 3.95. The van der Waals surface area contributed by atoms with E-state index in [2.05, 4.69) is 33.4 Å². The number of nitrogens with zero attached hydrogens (tertiary/aromatic N) is 3. The van der Waals surface area contributed by atoms with Gasteiger partial charge in [-0.1, -0.05) is 19.4 Å². The van der Waals surface area contributed by atoms with Crippen LogP contribution in [0.25, 0.3) is 11.5 Å². The van der Waals surface area contributed by atoms with Crippen LogP contribution in [0.1, 0.15) is 30.2 Å². The number of anilines is 1. The highest BCUT2D eigenvalue weighted by molar-refractivity contribution is 5.57. The molecule has 0 aromatic carbocycles. The van der Waals surface area contributed by atoms with Crippen LogP contribution in [-0.2, 0) is 6.42 Å². The second kappa shape index (κ2) is 5.75. The van der Waals surface area contributed by atoms with Crippen LogP contribution in [0.5, 0.6) is 0 Å². The van der Waals surface area contributed by atoms with Gasteiger partial charge in [-0.3, -0.25) is 4.98 Å². The first kappa shape index (κ1) is 13.4. The highest BCUT2D eigenvalue weighted by Gasteiger charge is 2.10. The summed E-state index contributed by atoms with van der Waals surface area (Å²) in [5.74, 6) is 6.71. The van der Waals surface area contributed by atoms with Gasteiger partial charge in [0.15, 0.2) is 5.82 Å². The third kappa shape index (κ3) is 3.06. The topological polar surface area (TPSA) is 76.7 Å². The van der Waals surface area contributed by atoms with Gasteiger partial charge in [-0.05, 0) is 31.4 Å². The quantitative estimate of drug-likeness (QED) is 0.649. The summed E-state index contributed by atoms with van der Waals surface area (Å²) < 4.78 is 0. The van der Waals surface area contributed by atoms with E-state index < -0.39 is 0 Å². The number of pyridine rings is 1. The van der Waals surface area contributed by atoms with E-state index in [0.29, 0.717) is 11.6 Å². The van der Waals surface area contributed by atoms with Crippen molar-refractivity contribution < 1.29 is 0 Å². The monoisotopic (exact) mass is 257 g/mol. The zero-order valence-corrected chi connectivity index (χ0v) is 11.6. The van der Waals surface area contributed by atoms with Gasteiger partial charge in [0.2, 0.25) is 0 Å². The molecule has 5 heteroatoms. The van der Waals surface area contributed by atoms with Crippen LogP contribution >= 0.6 is 0 Å². The average molecular weight is 257 g/mol. The van der Waals surface area contributed by atoms with Crippen molar-refractivity contribution in [3.8, 4) is 11.5 Å². The molecule has 0 bridgehead atoms. The standard InChI is InChI=1S/C14H19N5/c1-4-5-11-7-12(19-15)18-14(17-11)13-10(3)6-9(2)8-16-13/h6-8H,4-5,15H2,1-3H3,(H,17,18,19). The van der Waals surface area contributed by atoms with E-state index >= 15 is 0 Å². The molecule has 5 nitrogen and oxygen atoms in total. The number of hydrogen-bond donors (Lipinski definition) is 2. The first-order chi connectivity index (χ1) is 9.13. The van der Waals surface area contributed by atoms with Gasteiger partial charge in [0.05, 0.1) is 0 Å². The number of nitrogens with two attached hydrogens (primary N) is 1. The Hall–Kier alpha value is -2.01. The lowest BCUT2D eigenvalue weighted by molar-refractivity contribution is 0.873. The van der Waals surface area contributed by atoms with E-state index in [4.69, 9.17) is 5.84 Å². The number of aromatic nitrogens is 3. The van der Waals surface area contributed by atoms with Gasteiger partial charge in [0, 0.05) is 18.0 Å². The van der Waals surface area contributed by atoms with Crippen LogP contribution in [0.3, 0.4) is 0 Å². The molecule has 0 saturated carbocycles. The fraction of sp³-hybridized carbons (Fsp3) is 0.357. The van der Waals surface area contributed by atoms with Gasteiger partial charge < -0.3 is 5.43 Å². The van der Waals surface area contributed by atoms with Crippen molar-refractivity contribution in [2.75, 3.05) is 5.43 Å². The van der Waals surface area contributed by atoms with Crippen LogP contribution in [0.15, 0.2) is 18.3 Å². The molecular formula is C14H19N5. The van der Waals surface area contributed by atoms with E-state index in [9.17, 15) is 0 Å². The Kier molecular flexibility index (Phi) is 4.06. The highest BCUT2D eigenvalue weighted by atomic mass is 15.3. The SMILES string of the molecule is CCCc1cc(NN)nc(-c2ncc(C)cc2C)n1. The summed E-state index contributed by atoms with van der Waals surface area (Å²) in [5, 5.41) is 0. The molecule has 100 valence electrons. The van der Waals surface area contributed by atoms with Gasteiger partial charge in [-0.15, -0.1) is 0 Å². The minimum atomic E-state index is 0.621. The Morgan fingerprint density at radius 2 is 2.00 bits per heavy atom. The molecule has 2 heterocycles. The Bertz CT molecular complexity index is 580. The van der Waals surface area contributed by atoms with Gasteiger partial charge in [-0.25, -0.2) is 15.8 Å². The van der Waals surface area contributed by atoms with Gasteiger partial charge in [-0.2, -0.15) is 0 Å². The molecule has 0 radical (unpaired) electrons. The predicted molar refractivity (Wildman–Crippen MR) is 76.5 cm³/mol. The van der Waals surface area contributed by atoms with E-state index in [1.165, 1.54) is 0 Å². The fourth-order valence-corrected chi connectivity index (χ4v) is 2.01. The zero-order chi connectivity index (χ0) is 13.8. The highest BCUT2D eigenvalue weighted by Crippen LogP contribution is 2.20. The van der Waals surface area contributed by atoms with Gasteiger partial charge >= 0.3 is 0 Å². The maximum absolute atomic E-state index is 5.46. The Morgan fingerprint density at radius 3 is 2.63 bits per heavy atom. The normalized spacial score (nSPS) is 10.5. The van der Waals surface area contributed by atoms with Crippen molar-refractivity contribution in [2.45, 2.75) is 33.6 Å². The Morgan fingerprint density at radius 1 is 1.21 bits per heavy atom. The molecular weight excluding hydrogens is 238 g/mol. The van der Waals surface area contributed by atoms with Crippen molar-refractivity contribution in [3.63, 3.8) is 0 Å². The second-order valence-corrected chi connectivity index (χ2v) is 4.64. The Balaban J connectivity index is 2.51. The third-order valence-corrected chi connectivity index (χ3v) is 2.86. The maximum atomic E-state index is 5.46. The van der Waals surface area contributed by atoms with Gasteiger partial charge in [0.25, 0.3) is 0 Å². The first-order valence-corrected chi connectivity index (χ1v) is 6.42. The molecule has 2 aromatic heterocycles. The van der Waals surface area contributed by atoms with Crippen molar-refractivity contribution in [1.82, 2.24) is 15.0 Å². The zero-order valence-electron chi connectivity index (χ0n) is 11.6. The van der Waals surface area contributed by atoms with Crippen molar-refractivity contribution in [1.29, 1.82) is 0 Å². The molecule has 0 atom stereocenters. The molecule has 0 aliphatic rings. The molecule has 0 aliphatic carbocycles. The molecule has 0 fully saturated rings. The molecule has 0 amide bonds. The van der Waals surface area contributed by atoms with E-state index in [0.717, 1.165) is 35.4 Å². The summed E-state index contributed by atoms with van der Waals surface area (Å²) in [7, 11) is 0. The first-order valence-electron chi connectivity index (χ1n) is 6.42. The Labute approximate surface area is 113 Å². The molecule has 0 unspecified atom stereocenters. The molecule has 0 saturated heterocycles. The minimum Gasteiger partial charge on any atom is -0.308 e. The van der Waals surface area contributed by atoms with Crippen LogP contribution in [0.4, 0.5) is 5.82 Å². The molecule has 3 N–H and O–H groups in total. The van der Waals surface area contributed by atoms with E-state index in [1.807, 2.05) is 26.1 Å². The van der Waals surface area contributed by atoms with Gasteiger partial charge in [0.1, 0.15) is 11.5 Å². The van der Waals surface area contributed by atoms with Crippen molar-refractivity contribution in [2.24, 2.45) is 5.84 Å². The predicted octanol–water partition coefficient (Wildman–Crippen LogP) is 2.39. The number of rotatable bonds is 4. The number of nitrogen functional groups attached to an aromatic ring is 1. The molecule has 0 spiro atoms. The van der Waals surface area contributed by atoms with E-state index in [1.54, 1.807) is 0 Å². The summed E-state index contributed by atoms with van der Waals surface area (Å²) in [6.45, 7) is 6.15. The van der Waals surface area contributed by atoms with Crippen LogP contribution in [0.2, 0.25) is 0 Å². The average Bonchev–Trinajstić information content (AvgIpc) is 2.38. The lowest BCUT2D eigenvalue weighted by Gasteiger charge is -2.09. The van der Waals surface area contributed by atoms with Crippen LogP contribution in [0, 0.1) is 13.8 Å². The molecule has 19 heavy (non-hydrogen) atoms. The molecule has 0 aliphatic heterocycles. The van der Waals surface area contributed by atoms with Crippen molar-refractivity contribution >= 4 is 5.82 Å². The summed E-state index contributed by atoms with van der Waals surface area (Å²) in [5.41, 5.74) is 6.56. The molecule has 2 aromatic rings. The largest absolute Gasteiger partial charge is 0.308 e. The summed E-state index contributed by atoms with van der Waals surface area (Å²) >= 11 is 0. The third-order valence-electron chi connectivity index (χ3n) is 2.86. The van der Waals surface area contributed by atoms with Crippen LogP contribution < -0.4 is 11.3 Å². The minimum absolute atomic E-state index is 0.621. The smallest absolute Gasteiger partial charge is 0.180 e. The van der Waals surface area contributed by atoms with Crippen LogP contribution in [-0.4, -0.2) is 15.0 Å². The molecule has 2 rings (SSSR count). The maximum Gasteiger partial charge on any atom is 0.180 e. The van der Waals surface area contributed by atoms with Crippen molar-refractivity contribution in [3.05, 3.63) is 35.2 Å².